The predicted octanol–water partition coefficient (Wildman–Crippen LogP) is 4.58. The van der Waals surface area contributed by atoms with Crippen LogP contribution in [0.1, 0.15) is 39.8 Å². The maximum atomic E-state index is 15.3. The number of aromatic nitrogens is 3. The smallest absolute Gasteiger partial charge is 0.408 e. The van der Waals surface area contributed by atoms with Crippen LogP contribution in [0.5, 0.6) is 11.5 Å². The van der Waals surface area contributed by atoms with Gasteiger partial charge < -0.3 is 34.4 Å². The highest BCUT2D eigenvalue weighted by Crippen LogP contribution is 2.30. The van der Waals surface area contributed by atoms with Crippen molar-refractivity contribution in [2.24, 2.45) is 0 Å². The number of hydrogen-bond acceptors (Lipinski definition) is 7. The van der Waals surface area contributed by atoms with Crippen LogP contribution in [-0.2, 0) is 22.5 Å². The van der Waals surface area contributed by atoms with Gasteiger partial charge in [0, 0.05) is 37.5 Å². The number of nitrogens with one attached hydrogen (secondary N) is 3. The van der Waals surface area contributed by atoms with Gasteiger partial charge in [0.1, 0.15) is 29.0 Å². The van der Waals surface area contributed by atoms with Crippen molar-refractivity contribution in [1.82, 2.24) is 25.2 Å². The summed E-state index contributed by atoms with van der Waals surface area (Å²) in [6.07, 6.45) is 4.85. The number of ether oxygens (including phenoxy) is 3. The number of rotatable bonds is 12. The molecule has 0 aliphatic rings. The van der Waals surface area contributed by atoms with Crippen LogP contribution in [0.15, 0.2) is 59.9 Å². The summed E-state index contributed by atoms with van der Waals surface area (Å²) >= 11 is 0. The molecule has 0 spiro atoms. The van der Waals surface area contributed by atoms with E-state index in [9.17, 15) is 14.4 Å². The van der Waals surface area contributed by atoms with Crippen LogP contribution >= 0.6 is 0 Å². The summed E-state index contributed by atoms with van der Waals surface area (Å²) in [6, 6.07) is 8.64. The third-order valence-corrected chi connectivity index (χ3v) is 6.62. The Labute approximate surface area is 254 Å². The molecule has 12 heteroatoms. The SMILES string of the molecule is CCCOc1ccc(F)c2c(=O)c(-c3ccc(OC)cc3)cn(CCNC(=O)[C@H](Cc3c[nH]cn3)NC(=O)OC(C)(C)C)c12. The topological polar surface area (TPSA) is 137 Å². The minimum atomic E-state index is -0.977. The molecule has 234 valence electrons. The molecule has 0 unspecified atom stereocenters. The standard InChI is InChI=1S/C32H38FN5O6/c1-6-15-43-26-12-11-24(33)27-28(26)38(18-23(29(27)39)20-7-9-22(42-5)10-8-20)14-13-35-30(40)25(16-21-17-34-19-36-21)37-31(41)44-32(2,3)4/h7-12,17-19,25H,6,13-16H2,1-5H3,(H,34,36)(H,35,40)(H,37,41)/t25-/m0/s1. The normalized spacial score (nSPS) is 12.0. The fourth-order valence-electron chi connectivity index (χ4n) is 4.64. The first kappa shape index (κ1) is 32.1. The van der Waals surface area contributed by atoms with Crippen molar-refractivity contribution in [1.29, 1.82) is 0 Å². The lowest BCUT2D eigenvalue weighted by molar-refractivity contribution is -0.123. The number of halogens is 1. The van der Waals surface area contributed by atoms with Gasteiger partial charge in [-0.1, -0.05) is 19.1 Å². The Balaban J connectivity index is 1.65. The molecule has 0 radical (unpaired) electrons. The van der Waals surface area contributed by atoms with Gasteiger partial charge in [-0.25, -0.2) is 14.2 Å². The highest BCUT2D eigenvalue weighted by Gasteiger charge is 2.25. The highest BCUT2D eigenvalue weighted by atomic mass is 19.1. The van der Waals surface area contributed by atoms with E-state index < -0.39 is 34.9 Å². The van der Waals surface area contributed by atoms with Gasteiger partial charge in [-0.2, -0.15) is 0 Å². The van der Waals surface area contributed by atoms with Gasteiger partial charge in [-0.15, -0.1) is 0 Å². The lowest BCUT2D eigenvalue weighted by Crippen LogP contribution is -2.49. The fraction of sp³-hybridized carbons (Fsp3) is 0.375. The molecule has 2 amide bonds. The van der Waals surface area contributed by atoms with Gasteiger partial charge in [-0.05, 0) is 57.0 Å². The molecule has 0 saturated carbocycles. The Bertz CT molecular complexity index is 1650. The molecular weight excluding hydrogens is 569 g/mol. The summed E-state index contributed by atoms with van der Waals surface area (Å²) < 4.78 is 33.5. The Morgan fingerprint density at radius 2 is 1.89 bits per heavy atom. The maximum absolute atomic E-state index is 15.3. The summed E-state index contributed by atoms with van der Waals surface area (Å²) in [6.45, 7) is 7.76. The van der Waals surface area contributed by atoms with Crippen molar-refractivity contribution >= 4 is 22.9 Å². The van der Waals surface area contributed by atoms with E-state index in [-0.39, 0.29) is 36.0 Å². The Hall–Kier alpha value is -4.87. The molecule has 3 N–H and O–H groups in total. The van der Waals surface area contributed by atoms with Gasteiger partial charge in [0.25, 0.3) is 0 Å². The van der Waals surface area contributed by atoms with Gasteiger partial charge >= 0.3 is 6.09 Å². The van der Waals surface area contributed by atoms with E-state index >= 15 is 4.39 Å². The van der Waals surface area contributed by atoms with E-state index in [0.29, 0.717) is 35.8 Å². The lowest BCUT2D eigenvalue weighted by Gasteiger charge is -2.23. The average molecular weight is 608 g/mol. The summed E-state index contributed by atoms with van der Waals surface area (Å²) in [5.41, 5.74) is 0.485. The number of aromatic amines is 1. The number of carbonyl (C=O) groups excluding carboxylic acids is 2. The average Bonchev–Trinajstić information content (AvgIpc) is 3.49. The first-order chi connectivity index (χ1) is 21.0. The monoisotopic (exact) mass is 607 g/mol. The number of fused-ring (bicyclic) bond motifs is 1. The molecule has 2 aromatic carbocycles. The first-order valence-corrected chi connectivity index (χ1v) is 14.4. The maximum Gasteiger partial charge on any atom is 0.408 e. The second-order valence-corrected chi connectivity index (χ2v) is 11.2. The number of pyridine rings is 1. The van der Waals surface area contributed by atoms with Gasteiger partial charge in [0.15, 0.2) is 5.43 Å². The van der Waals surface area contributed by atoms with E-state index in [1.807, 2.05) is 6.92 Å². The van der Waals surface area contributed by atoms with Crippen LogP contribution in [-0.4, -0.2) is 58.4 Å². The third kappa shape index (κ3) is 7.94. The van der Waals surface area contributed by atoms with Crippen LogP contribution in [0.2, 0.25) is 0 Å². The summed E-state index contributed by atoms with van der Waals surface area (Å²) in [7, 11) is 1.54. The molecule has 0 aliphatic carbocycles. The Kier molecular flexibility index (Phi) is 10.2. The first-order valence-electron chi connectivity index (χ1n) is 14.4. The van der Waals surface area contributed by atoms with Crippen molar-refractivity contribution in [3.8, 4) is 22.6 Å². The zero-order chi connectivity index (χ0) is 31.9. The number of carbonyl (C=O) groups is 2. The molecule has 2 aromatic heterocycles. The minimum absolute atomic E-state index is 0.0929. The number of alkyl carbamates (subject to hydrolysis) is 1. The van der Waals surface area contributed by atoms with Crippen molar-refractivity contribution in [3.63, 3.8) is 0 Å². The third-order valence-electron chi connectivity index (χ3n) is 6.62. The Morgan fingerprint density at radius 1 is 1.14 bits per heavy atom. The van der Waals surface area contributed by atoms with E-state index in [4.69, 9.17) is 14.2 Å². The van der Waals surface area contributed by atoms with Crippen molar-refractivity contribution in [3.05, 3.63) is 76.9 Å². The van der Waals surface area contributed by atoms with E-state index in [0.717, 1.165) is 0 Å². The van der Waals surface area contributed by atoms with Crippen LogP contribution in [0.3, 0.4) is 0 Å². The number of H-pyrrole nitrogens is 1. The van der Waals surface area contributed by atoms with Crippen LogP contribution < -0.4 is 25.5 Å². The van der Waals surface area contributed by atoms with Crippen LogP contribution in [0.4, 0.5) is 9.18 Å². The summed E-state index contributed by atoms with van der Waals surface area (Å²) in [4.78, 5) is 46.5. The predicted molar refractivity (Wildman–Crippen MR) is 164 cm³/mol. The molecule has 2 heterocycles. The zero-order valence-corrected chi connectivity index (χ0v) is 25.5. The Morgan fingerprint density at radius 3 is 2.52 bits per heavy atom. The molecule has 0 aliphatic heterocycles. The minimum Gasteiger partial charge on any atom is -0.497 e. The largest absolute Gasteiger partial charge is 0.497 e. The number of hydrogen-bond donors (Lipinski definition) is 3. The number of imidazole rings is 1. The number of nitrogens with zero attached hydrogens (tertiary/aromatic N) is 2. The quantitative estimate of drug-likeness (QED) is 0.214. The van der Waals surface area contributed by atoms with E-state index in [1.54, 1.807) is 69.1 Å². The van der Waals surface area contributed by atoms with Gasteiger partial charge in [0.2, 0.25) is 5.91 Å². The van der Waals surface area contributed by atoms with Crippen LogP contribution in [0, 0.1) is 5.82 Å². The number of benzene rings is 2. The summed E-state index contributed by atoms with van der Waals surface area (Å²) in [5, 5.41) is 5.36. The molecule has 0 saturated heterocycles. The molecule has 4 aromatic rings. The van der Waals surface area contributed by atoms with E-state index in [2.05, 4.69) is 20.6 Å². The molecule has 0 fully saturated rings. The molecule has 11 nitrogen and oxygen atoms in total. The number of amides is 2. The molecular formula is C32H38FN5O6. The van der Waals surface area contributed by atoms with Crippen LogP contribution in [0.25, 0.3) is 22.0 Å². The molecule has 44 heavy (non-hydrogen) atoms. The number of methoxy groups -OCH3 is 1. The molecule has 4 rings (SSSR count). The highest BCUT2D eigenvalue weighted by molar-refractivity contribution is 5.89. The second-order valence-electron chi connectivity index (χ2n) is 11.2. The fourth-order valence-corrected chi connectivity index (χ4v) is 4.64. The van der Waals surface area contributed by atoms with Crippen molar-refractivity contribution in [2.75, 3.05) is 20.3 Å². The lowest BCUT2D eigenvalue weighted by atomic mass is 10.0. The molecule has 0 bridgehead atoms. The van der Waals surface area contributed by atoms with Gasteiger partial charge in [0.05, 0.1) is 36.6 Å². The molecule has 1 atom stereocenters. The zero-order valence-electron chi connectivity index (χ0n) is 25.5. The van der Waals surface area contributed by atoms with Gasteiger partial charge in [-0.3, -0.25) is 9.59 Å². The van der Waals surface area contributed by atoms with E-state index in [1.165, 1.54) is 18.5 Å². The second kappa shape index (κ2) is 14.1. The summed E-state index contributed by atoms with van der Waals surface area (Å²) in [5.74, 6) is -0.171. The van der Waals surface area contributed by atoms with Crippen molar-refractivity contribution < 1.29 is 28.2 Å². The van der Waals surface area contributed by atoms with Crippen molar-refractivity contribution in [2.45, 2.75) is 58.7 Å².